The molecule has 2 aromatic rings. The first-order chi connectivity index (χ1) is 11.1. The summed E-state index contributed by atoms with van der Waals surface area (Å²) in [6.07, 6.45) is 6.92. The van der Waals surface area contributed by atoms with E-state index in [9.17, 15) is 4.79 Å². The molecular weight excluding hydrogens is 294 g/mol. The predicted molar refractivity (Wildman–Crippen MR) is 86.0 cm³/mol. The lowest BCUT2D eigenvalue weighted by Gasteiger charge is -2.22. The molecule has 124 valence electrons. The number of hydrogen-bond donors (Lipinski definition) is 2. The van der Waals surface area contributed by atoms with Crippen LogP contribution in [-0.4, -0.2) is 40.3 Å². The lowest BCUT2D eigenvalue weighted by atomic mass is 9.96. The lowest BCUT2D eigenvalue weighted by molar-refractivity contribution is 0.0945. The number of aromatic nitrogens is 3. The molecule has 1 unspecified atom stereocenters. The number of piperidine rings is 1. The van der Waals surface area contributed by atoms with E-state index < -0.39 is 0 Å². The van der Waals surface area contributed by atoms with E-state index in [1.807, 2.05) is 13.2 Å². The van der Waals surface area contributed by atoms with E-state index in [0.29, 0.717) is 29.8 Å². The quantitative estimate of drug-likeness (QED) is 0.873. The summed E-state index contributed by atoms with van der Waals surface area (Å²) in [5.74, 6) is 1.43. The summed E-state index contributed by atoms with van der Waals surface area (Å²) >= 11 is 0. The van der Waals surface area contributed by atoms with Crippen LogP contribution < -0.4 is 10.6 Å². The summed E-state index contributed by atoms with van der Waals surface area (Å²) < 4.78 is 7.27. The Balaban J connectivity index is 1.57. The van der Waals surface area contributed by atoms with E-state index >= 15 is 0 Å². The number of nitrogens with one attached hydrogen (secondary N) is 2. The Morgan fingerprint density at radius 3 is 3.13 bits per heavy atom. The third kappa shape index (κ3) is 3.79. The largest absolute Gasteiger partial charge is 0.440 e. The fraction of sp³-hybridized carbons (Fsp3) is 0.562. The van der Waals surface area contributed by atoms with Crippen molar-refractivity contribution in [3.05, 3.63) is 23.8 Å². The minimum atomic E-state index is -0.176. The summed E-state index contributed by atoms with van der Waals surface area (Å²) in [6.45, 7) is 4.58. The van der Waals surface area contributed by atoms with Gasteiger partial charge in [0.15, 0.2) is 5.69 Å². The smallest absolute Gasteiger partial charge is 0.273 e. The SMILES string of the molecule is Cc1oc(-c2cnn(C)c2)nc1C(=O)NCCC1CCCNC1. The van der Waals surface area contributed by atoms with Gasteiger partial charge in [-0.2, -0.15) is 5.10 Å². The zero-order valence-electron chi connectivity index (χ0n) is 13.6. The molecule has 3 heterocycles. The van der Waals surface area contributed by atoms with Crippen molar-refractivity contribution in [2.45, 2.75) is 26.2 Å². The Hall–Kier alpha value is -2.15. The second kappa shape index (κ2) is 6.95. The third-order valence-electron chi connectivity index (χ3n) is 4.20. The molecule has 1 aliphatic heterocycles. The molecule has 1 aliphatic rings. The topological polar surface area (TPSA) is 85.0 Å². The number of amides is 1. The van der Waals surface area contributed by atoms with Crippen molar-refractivity contribution in [1.29, 1.82) is 0 Å². The summed E-state index contributed by atoms with van der Waals surface area (Å²) in [4.78, 5) is 16.6. The van der Waals surface area contributed by atoms with Crippen LogP contribution in [0.1, 0.15) is 35.5 Å². The molecule has 23 heavy (non-hydrogen) atoms. The molecule has 3 rings (SSSR count). The van der Waals surface area contributed by atoms with Crippen LogP contribution >= 0.6 is 0 Å². The third-order valence-corrected chi connectivity index (χ3v) is 4.20. The van der Waals surface area contributed by atoms with E-state index in [4.69, 9.17) is 4.42 Å². The Morgan fingerprint density at radius 2 is 2.43 bits per heavy atom. The normalized spacial score (nSPS) is 18.1. The van der Waals surface area contributed by atoms with Gasteiger partial charge in [0, 0.05) is 19.8 Å². The second-order valence-electron chi connectivity index (χ2n) is 6.08. The van der Waals surface area contributed by atoms with Crippen molar-refractivity contribution >= 4 is 5.91 Å². The molecule has 0 spiro atoms. The second-order valence-corrected chi connectivity index (χ2v) is 6.08. The highest BCUT2D eigenvalue weighted by Crippen LogP contribution is 2.21. The lowest BCUT2D eigenvalue weighted by Crippen LogP contribution is -2.33. The molecule has 0 aliphatic carbocycles. The van der Waals surface area contributed by atoms with Gasteiger partial charge in [0.1, 0.15) is 5.76 Å². The minimum absolute atomic E-state index is 0.176. The summed E-state index contributed by atoms with van der Waals surface area (Å²) in [6, 6.07) is 0. The van der Waals surface area contributed by atoms with E-state index in [0.717, 1.165) is 25.1 Å². The van der Waals surface area contributed by atoms with Crippen molar-refractivity contribution in [2.75, 3.05) is 19.6 Å². The first-order valence-electron chi connectivity index (χ1n) is 8.09. The van der Waals surface area contributed by atoms with Crippen molar-refractivity contribution < 1.29 is 9.21 Å². The van der Waals surface area contributed by atoms with Gasteiger partial charge in [0.05, 0.1) is 11.8 Å². The first-order valence-corrected chi connectivity index (χ1v) is 8.09. The summed E-state index contributed by atoms with van der Waals surface area (Å²) in [7, 11) is 1.83. The number of carbonyl (C=O) groups excluding carboxylic acids is 1. The predicted octanol–water partition coefficient (Wildman–Crippen LogP) is 1.50. The van der Waals surface area contributed by atoms with Crippen LogP contribution in [0, 0.1) is 12.8 Å². The highest BCUT2D eigenvalue weighted by atomic mass is 16.4. The van der Waals surface area contributed by atoms with E-state index in [2.05, 4.69) is 20.7 Å². The Bertz CT molecular complexity index is 670. The van der Waals surface area contributed by atoms with Gasteiger partial charge in [-0.3, -0.25) is 9.48 Å². The molecule has 0 radical (unpaired) electrons. The van der Waals surface area contributed by atoms with Crippen molar-refractivity contribution in [1.82, 2.24) is 25.4 Å². The zero-order valence-corrected chi connectivity index (χ0v) is 13.6. The molecule has 1 atom stereocenters. The summed E-state index contributed by atoms with van der Waals surface area (Å²) in [5.41, 5.74) is 1.12. The average molecular weight is 317 g/mol. The van der Waals surface area contributed by atoms with Crippen molar-refractivity contribution in [2.24, 2.45) is 13.0 Å². The zero-order chi connectivity index (χ0) is 16.2. The van der Waals surface area contributed by atoms with Crippen molar-refractivity contribution in [3.63, 3.8) is 0 Å². The van der Waals surface area contributed by atoms with Gasteiger partial charge >= 0.3 is 0 Å². The van der Waals surface area contributed by atoms with Crippen LogP contribution in [0.25, 0.3) is 11.5 Å². The number of aryl methyl sites for hydroxylation is 2. The molecule has 0 aromatic carbocycles. The molecule has 2 N–H and O–H groups in total. The number of rotatable bonds is 5. The monoisotopic (exact) mass is 317 g/mol. The maximum atomic E-state index is 12.3. The van der Waals surface area contributed by atoms with Crippen LogP contribution in [0.4, 0.5) is 0 Å². The van der Waals surface area contributed by atoms with E-state index in [-0.39, 0.29) is 5.91 Å². The summed E-state index contributed by atoms with van der Waals surface area (Å²) in [5, 5.41) is 10.4. The van der Waals surface area contributed by atoms with Crippen LogP contribution in [-0.2, 0) is 7.05 Å². The van der Waals surface area contributed by atoms with E-state index in [1.54, 1.807) is 17.8 Å². The van der Waals surface area contributed by atoms with Gasteiger partial charge in [-0.15, -0.1) is 0 Å². The molecule has 2 aromatic heterocycles. The van der Waals surface area contributed by atoms with E-state index in [1.165, 1.54) is 12.8 Å². The highest BCUT2D eigenvalue weighted by molar-refractivity contribution is 5.93. The molecule has 0 bridgehead atoms. The van der Waals surface area contributed by atoms with Crippen LogP contribution in [0.2, 0.25) is 0 Å². The van der Waals surface area contributed by atoms with Gasteiger partial charge in [0.25, 0.3) is 5.91 Å². The standard InChI is InChI=1S/C16H23N5O2/c1-11-14(20-16(23-11)13-9-19-21(2)10-13)15(22)18-7-5-12-4-3-6-17-8-12/h9-10,12,17H,3-8H2,1-2H3,(H,18,22). The minimum Gasteiger partial charge on any atom is -0.440 e. The van der Waals surface area contributed by atoms with Gasteiger partial charge in [-0.05, 0) is 45.2 Å². The maximum absolute atomic E-state index is 12.3. The van der Waals surface area contributed by atoms with Crippen LogP contribution in [0.15, 0.2) is 16.8 Å². The van der Waals surface area contributed by atoms with Gasteiger partial charge in [0.2, 0.25) is 5.89 Å². The Labute approximate surface area is 135 Å². The fourth-order valence-corrected chi connectivity index (χ4v) is 2.91. The fourth-order valence-electron chi connectivity index (χ4n) is 2.91. The number of hydrogen-bond acceptors (Lipinski definition) is 5. The number of oxazole rings is 1. The molecule has 1 saturated heterocycles. The van der Waals surface area contributed by atoms with Crippen molar-refractivity contribution in [3.8, 4) is 11.5 Å². The van der Waals surface area contributed by atoms with Gasteiger partial charge in [-0.25, -0.2) is 4.98 Å². The average Bonchev–Trinajstić information content (AvgIpc) is 3.14. The molecular formula is C16H23N5O2. The van der Waals surface area contributed by atoms with Crippen LogP contribution in [0.3, 0.4) is 0 Å². The highest BCUT2D eigenvalue weighted by Gasteiger charge is 2.19. The molecule has 0 saturated carbocycles. The Morgan fingerprint density at radius 1 is 1.57 bits per heavy atom. The van der Waals surface area contributed by atoms with Gasteiger partial charge < -0.3 is 15.1 Å². The number of carbonyl (C=O) groups is 1. The molecule has 1 amide bonds. The van der Waals surface area contributed by atoms with Crippen LogP contribution in [0.5, 0.6) is 0 Å². The molecule has 7 heteroatoms. The number of nitrogens with zero attached hydrogens (tertiary/aromatic N) is 3. The molecule has 1 fully saturated rings. The van der Waals surface area contributed by atoms with Gasteiger partial charge in [-0.1, -0.05) is 0 Å². The maximum Gasteiger partial charge on any atom is 0.273 e. The first kappa shape index (κ1) is 15.7. The molecule has 7 nitrogen and oxygen atoms in total. The Kier molecular flexibility index (Phi) is 4.76.